The minimum absolute atomic E-state index is 0.284. The molecule has 0 aliphatic carbocycles. The number of carbonyl (C=O) groups excluding carboxylic acids is 1. The van der Waals surface area contributed by atoms with Gasteiger partial charge in [0.15, 0.2) is 5.82 Å². The number of morpholine rings is 1. The van der Waals surface area contributed by atoms with Gasteiger partial charge in [0, 0.05) is 38.3 Å². The zero-order valence-electron chi connectivity index (χ0n) is 21.1. The van der Waals surface area contributed by atoms with Crippen molar-refractivity contribution in [3.8, 4) is 5.75 Å². The van der Waals surface area contributed by atoms with Gasteiger partial charge in [-0.1, -0.05) is 18.2 Å². The number of methoxy groups -OCH3 is 1. The Balaban J connectivity index is 1.64. The van der Waals surface area contributed by atoms with Gasteiger partial charge in [0.25, 0.3) is 0 Å². The molecule has 2 aromatic rings. The lowest BCUT2D eigenvalue weighted by atomic mass is 10.0. The molecule has 194 valence electrons. The van der Waals surface area contributed by atoms with Gasteiger partial charge < -0.3 is 34.8 Å². The number of aromatic nitrogens is 2. The van der Waals surface area contributed by atoms with Crippen LogP contribution in [-0.4, -0.2) is 87.4 Å². The molecule has 2 saturated heterocycles. The van der Waals surface area contributed by atoms with Crippen LogP contribution >= 0.6 is 11.6 Å². The first-order valence-corrected chi connectivity index (χ1v) is 12.5. The summed E-state index contributed by atoms with van der Waals surface area (Å²) in [5, 5.41) is 6.68. The summed E-state index contributed by atoms with van der Waals surface area (Å²) >= 11 is 6.40. The lowest BCUT2D eigenvalue weighted by Gasteiger charge is -2.37. The molecule has 10 nitrogen and oxygen atoms in total. The van der Waals surface area contributed by atoms with Gasteiger partial charge in [-0.05, 0) is 39.1 Å². The highest BCUT2D eigenvalue weighted by molar-refractivity contribution is 6.32. The Hall–Kier alpha value is -3.08. The first-order valence-electron chi connectivity index (χ1n) is 12.1. The van der Waals surface area contributed by atoms with Gasteiger partial charge in [0.05, 0.1) is 43.6 Å². The summed E-state index contributed by atoms with van der Waals surface area (Å²) in [5.74, 6) is 1.35. The van der Waals surface area contributed by atoms with E-state index in [9.17, 15) is 4.79 Å². The fraction of sp³-hybridized carbons (Fsp3) is 0.480. The Labute approximate surface area is 217 Å². The van der Waals surface area contributed by atoms with Crippen molar-refractivity contribution in [1.82, 2.24) is 14.9 Å². The minimum atomic E-state index is -0.284. The van der Waals surface area contributed by atoms with Crippen molar-refractivity contribution in [2.45, 2.75) is 18.9 Å². The topological polar surface area (TPSA) is 95.1 Å². The molecule has 1 aromatic carbocycles. The molecule has 36 heavy (non-hydrogen) atoms. The van der Waals surface area contributed by atoms with Crippen molar-refractivity contribution >= 4 is 46.3 Å². The lowest BCUT2D eigenvalue weighted by molar-refractivity contribution is -0.111. The highest BCUT2D eigenvalue weighted by atomic mass is 35.5. The van der Waals surface area contributed by atoms with Crippen molar-refractivity contribution in [2.24, 2.45) is 0 Å². The van der Waals surface area contributed by atoms with E-state index in [1.807, 2.05) is 12.1 Å². The molecule has 0 radical (unpaired) electrons. The smallest absolute Gasteiger partial charge is 0.247 e. The number of hydrogen-bond acceptors (Lipinski definition) is 9. The van der Waals surface area contributed by atoms with Gasteiger partial charge in [0.1, 0.15) is 10.8 Å². The number of amides is 1. The summed E-state index contributed by atoms with van der Waals surface area (Å²) < 4.78 is 11.2. The van der Waals surface area contributed by atoms with Gasteiger partial charge in [0.2, 0.25) is 11.9 Å². The number of benzene rings is 1. The highest BCUT2D eigenvalue weighted by Crippen LogP contribution is 2.39. The predicted octanol–water partition coefficient (Wildman–Crippen LogP) is 3.37. The third-order valence-corrected chi connectivity index (χ3v) is 6.85. The Morgan fingerprint density at radius 3 is 2.56 bits per heavy atom. The Morgan fingerprint density at radius 1 is 1.19 bits per heavy atom. The summed E-state index contributed by atoms with van der Waals surface area (Å²) in [7, 11) is 5.85. The third kappa shape index (κ3) is 6.00. The number of piperidine rings is 1. The number of rotatable bonds is 8. The van der Waals surface area contributed by atoms with Crippen LogP contribution in [0.2, 0.25) is 5.02 Å². The molecule has 3 heterocycles. The average molecular weight is 516 g/mol. The minimum Gasteiger partial charge on any atom is -0.494 e. The standard InChI is InChI=1S/C25H34ClN7O3/c1-5-23(34)28-19-14-20(22(35-4)15-21(19)32-8-6-17(7-9-32)31(2)3)29-25-27-16-18(26)24(30-25)33-10-12-36-13-11-33/h5,14-17H,1,6-13H2,2-4H3,(H,28,34)(H,27,29,30). The summed E-state index contributed by atoms with van der Waals surface area (Å²) in [6.07, 6.45) is 4.91. The van der Waals surface area contributed by atoms with Gasteiger partial charge in [-0.2, -0.15) is 4.98 Å². The summed E-state index contributed by atoms with van der Waals surface area (Å²) in [5.41, 5.74) is 2.18. The number of anilines is 5. The molecular formula is C25H34ClN7O3. The fourth-order valence-corrected chi connectivity index (χ4v) is 4.75. The van der Waals surface area contributed by atoms with E-state index >= 15 is 0 Å². The molecule has 2 aliphatic rings. The molecule has 0 spiro atoms. The summed E-state index contributed by atoms with van der Waals surface area (Å²) in [6, 6.07) is 4.33. The third-order valence-electron chi connectivity index (χ3n) is 6.58. The van der Waals surface area contributed by atoms with Crippen LogP contribution in [0.15, 0.2) is 31.0 Å². The van der Waals surface area contributed by atoms with E-state index in [-0.39, 0.29) is 5.91 Å². The SMILES string of the molecule is C=CC(=O)Nc1cc(Nc2ncc(Cl)c(N3CCOCC3)n2)c(OC)cc1N1CCC(N(C)C)CC1. The molecule has 0 saturated carbocycles. The predicted molar refractivity (Wildman–Crippen MR) is 144 cm³/mol. The summed E-state index contributed by atoms with van der Waals surface area (Å²) in [4.78, 5) is 27.9. The molecule has 1 amide bonds. The van der Waals surface area contributed by atoms with Crippen LogP contribution in [0.5, 0.6) is 5.75 Å². The molecule has 2 N–H and O–H groups in total. The summed E-state index contributed by atoms with van der Waals surface area (Å²) in [6.45, 7) is 8.00. The van der Waals surface area contributed by atoms with E-state index < -0.39 is 0 Å². The molecule has 0 atom stereocenters. The van der Waals surface area contributed by atoms with E-state index in [0.29, 0.717) is 66.3 Å². The molecular weight excluding hydrogens is 482 g/mol. The Bertz CT molecular complexity index is 1080. The number of hydrogen-bond donors (Lipinski definition) is 2. The molecule has 0 bridgehead atoms. The Kier molecular flexibility index (Phi) is 8.50. The first kappa shape index (κ1) is 26.0. The zero-order valence-corrected chi connectivity index (χ0v) is 21.8. The maximum absolute atomic E-state index is 12.3. The number of carbonyl (C=O) groups is 1. The van der Waals surface area contributed by atoms with Crippen LogP contribution in [0.4, 0.5) is 28.8 Å². The number of ether oxygens (including phenoxy) is 2. The number of nitrogens with zero attached hydrogens (tertiary/aromatic N) is 5. The fourth-order valence-electron chi connectivity index (χ4n) is 4.54. The molecule has 11 heteroatoms. The maximum Gasteiger partial charge on any atom is 0.247 e. The normalized spacial score (nSPS) is 16.7. The van der Waals surface area contributed by atoms with Crippen LogP contribution < -0.4 is 25.2 Å². The monoisotopic (exact) mass is 515 g/mol. The Morgan fingerprint density at radius 2 is 1.92 bits per heavy atom. The van der Waals surface area contributed by atoms with Crippen LogP contribution in [0, 0.1) is 0 Å². The van der Waals surface area contributed by atoms with Crippen LogP contribution in [0.1, 0.15) is 12.8 Å². The van der Waals surface area contributed by atoms with E-state index in [1.165, 1.54) is 6.08 Å². The molecule has 2 fully saturated rings. The van der Waals surface area contributed by atoms with Crippen molar-refractivity contribution in [2.75, 3.05) is 81.0 Å². The van der Waals surface area contributed by atoms with E-state index in [0.717, 1.165) is 31.6 Å². The van der Waals surface area contributed by atoms with Gasteiger partial charge in [-0.25, -0.2) is 4.98 Å². The van der Waals surface area contributed by atoms with Crippen molar-refractivity contribution in [1.29, 1.82) is 0 Å². The van der Waals surface area contributed by atoms with Crippen LogP contribution in [0.25, 0.3) is 0 Å². The van der Waals surface area contributed by atoms with Crippen LogP contribution in [-0.2, 0) is 9.53 Å². The maximum atomic E-state index is 12.3. The largest absolute Gasteiger partial charge is 0.494 e. The van der Waals surface area contributed by atoms with Crippen molar-refractivity contribution < 1.29 is 14.3 Å². The lowest BCUT2D eigenvalue weighted by Crippen LogP contribution is -2.42. The average Bonchev–Trinajstić information content (AvgIpc) is 2.90. The van der Waals surface area contributed by atoms with Gasteiger partial charge in [-0.3, -0.25) is 4.79 Å². The molecule has 4 rings (SSSR count). The zero-order chi connectivity index (χ0) is 25.7. The second-order valence-corrected chi connectivity index (χ2v) is 9.44. The quantitative estimate of drug-likeness (QED) is 0.513. The second-order valence-electron chi connectivity index (χ2n) is 9.03. The number of nitrogens with one attached hydrogen (secondary N) is 2. The molecule has 2 aliphatic heterocycles. The van der Waals surface area contributed by atoms with Crippen molar-refractivity contribution in [3.05, 3.63) is 36.0 Å². The van der Waals surface area contributed by atoms with Crippen LogP contribution in [0.3, 0.4) is 0 Å². The highest BCUT2D eigenvalue weighted by Gasteiger charge is 2.25. The number of halogens is 1. The first-order chi connectivity index (χ1) is 17.4. The molecule has 0 unspecified atom stereocenters. The molecule has 1 aromatic heterocycles. The van der Waals surface area contributed by atoms with E-state index in [1.54, 1.807) is 13.3 Å². The van der Waals surface area contributed by atoms with E-state index in [4.69, 9.17) is 21.1 Å². The van der Waals surface area contributed by atoms with E-state index in [2.05, 4.69) is 56.0 Å². The second kappa shape index (κ2) is 11.8. The van der Waals surface area contributed by atoms with Gasteiger partial charge in [-0.15, -0.1) is 0 Å². The van der Waals surface area contributed by atoms with Gasteiger partial charge >= 0.3 is 0 Å². The van der Waals surface area contributed by atoms with Crippen molar-refractivity contribution in [3.63, 3.8) is 0 Å².